The van der Waals surface area contributed by atoms with Crippen molar-refractivity contribution >= 4 is 40.0 Å². The van der Waals surface area contributed by atoms with E-state index in [9.17, 15) is 19.1 Å². The maximum Gasteiger partial charge on any atom is 0.259 e. The molecule has 0 saturated carbocycles. The van der Waals surface area contributed by atoms with E-state index in [-0.39, 0.29) is 30.8 Å². The molecule has 2 aliphatic heterocycles. The number of aliphatic hydroxyl groups excluding tert-OH is 1. The summed E-state index contributed by atoms with van der Waals surface area (Å²) in [5.41, 5.74) is 6.73. The number of ether oxygens (including phenoxy) is 3. The number of fused-ring (bicyclic) bond motifs is 1. The van der Waals surface area contributed by atoms with E-state index in [2.05, 4.69) is 10.5 Å². The van der Waals surface area contributed by atoms with Gasteiger partial charge in [-0.05, 0) is 24.3 Å². The average molecular weight is 500 g/mol. The van der Waals surface area contributed by atoms with Crippen molar-refractivity contribution in [1.82, 2.24) is 5.16 Å². The number of nitrogens with one attached hydrogen (secondary N) is 1. The van der Waals surface area contributed by atoms with Crippen LogP contribution in [0.3, 0.4) is 0 Å². The number of hydrogen-bond acceptors (Lipinski definition) is 9. The lowest BCUT2D eigenvalue weighted by Gasteiger charge is -2.34. The fourth-order valence-corrected chi connectivity index (χ4v) is 4.20. The lowest BCUT2D eigenvalue weighted by atomic mass is 10.1. The molecule has 36 heavy (non-hydrogen) atoms. The normalized spacial score (nSPS) is 19.9. The van der Waals surface area contributed by atoms with Crippen LogP contribution in [0.1, 0.15) is 12.8 Å². The standard InChI is InChI=1S/C24H25FN4O7/c25-17-4-2-14(12-19(17)35-15-5-8-33-9-6-15)29-7-10-34-21(24(29)32)20(30)23(31)27-13-1-3-16-18(11-13)36-28-22(16)26/h1-4,11-12,15,20-21,30H,5-10H2,(H2,26,28)(H,27,31). The number of aliphatic hydroxyl groups is 1. The third-order valence-electron chi connectivity index (χ3n) is 6.13. The number of hydrogen-bond donors (Lipinski definition) is 3. The molecule has 2 aliphatic rings. The zero-order chi connectivity index (χ0) is 25.2. The minimum Gasteiger partial charge on any atom is -0.487 e. The Kier molecular flexibility index (Phi) is 6.72. The van der Waals surface area contributed by atoms with Gasteiger partial charge in [-0.1, -0.05) is 5.16 Å². The molecule has 5 rings (SSSR count). The molecule has 2 fully saturated rings. The van der Waals surface area contributed by atoms with Crippen molar-refractivity contribution in [1.29, 1.82) is 0 Å². The Labute approximate surface area is 204 Å². The second-order valence-corrected chi connectivity index (χ2v) is 8.54. The van der Waals surface area contributed by atoms with Crippen LogP contribution in [0.5, 0.6) is 5.75 Å². The van der Waals surface area contributed by atoms with E-state index in [1.54, 1.807) is 12.1 Å². The van der Waals surface area contributed by atoms with Gasteiger partial charge in [0.2, 0.25) is 0 Å². The number of carbonyl (C=O) groups excluding carboxylic acids is 2. The van der Waals surface area contributed by atoms with Gasteiger partial charge in [-0.3, -0.25) is 9.59 Å². The number of amides is 2. The molecule has 0 radical (unpaired) electrons. The van der Waals surface area contributed by atoms with Crippen LogP contribution in [-0.4, -0.2) is 66.8 Å². The first kappa shape index (κ1) is 24.0. The number of anilines is 3. The van der Waals surface area contributed by atoms with Gasteiger partial charge in [0.05, 0.1) is 25.2 Å². The summed E-state index contributed by atoms with van der Waals surface area (Å²) in [5.74, 6) is -1.79. The highest BCUT2D eigenvalue weighted by Crippen LogP contribution is 2.29. The molecule has 12 heteroatoms. The molecule has 4 N–H and O–H groups in total. The minimum atomic E-state index is -1.80. The number of nitrogens with zero attached hydrogens (tertiary/aromatic N) is 2. The number of morpholine rings is 1. The number of nitrogens with two attached hydrogens (primary N) is 1. The van der Waals surface area contributed by atoms with E-state index in [0.29, 0.717) is 48.4 Å². The summed E-state index contributed by atoms with van der Waals surface area (Å²) in [6, 6.07) is 8.78. The van der Waals surface area contributed by atoms with Gasteiger partial charge in [-0.15, -0.1) is 0 Å². The molecule has 1 aromatic heterocycles. The summed E-state index contributed by atoms with van der Waals surface area (Å²) in [5, 5.41) is 17.4. The maximum absolute atomic E-state index is 14.4. The summed E-state index contributed by atoms with van der Waals surface area (Å²) >= 11 is 0. The lowest BCUT2D eigenvalue weighted by Crippen LogP contribution is -2.55. The number of rotatable bonds is 6. The van der Waals surface area contributed by atoms with E-state index in [4.69, 9.17) is 24.5 Å². The highest BCUT2D eigenvalue weighted by molar-refractivity contribution is 6.04. The summed E-state index contributed by atoms with van der Waals surface area (Å²) < 4.78 is 36.0. The number of benzene rings is 2. The van der Waals surface area contributed by atoms with E-state index in [1.165, 1.54) is 29.2 Å². The van der Waals surface area contributed by atoms with Crippen molar-refractivity contribution in [2.24, 2.45) is 0 Å². The Morgan fingerprint density at radius 2 is 2.03 bits per heavy atom. The van der Waals surface area contributed by atoms with Gasteiger partial charge in [0.1, 0.15) is 6.10 Å². The maximum atomic E-state index is 14.4. The Balaban J connectivity index is 1.28. The molecule has 2 atom stereocenters. The Bertz CT molecular complexity index is 1280. The topological polar surface area (TPSA) is 149 Å². The molecule has 2 amide bonds. The van der Waals surface area contributed by atoms with Crippen LogP contribution in [0, 0.1) is 5.82 Å². The molecule has 2 saturated heterocycles. The van der Waals surface area contributed by atoms with Gasteiger partial charge >= 0.3 is 0 Å². The summed E-state index contributed by atoms with van der Waals surface area (Å²) in [6.45, 7) is 1.30. The summed E-state index contributed by atoms with van der Waals surface area (Å²) in [4.78, 5) is 27.2. The van der Waals surface area contributed by atoms with E-state index in [0.717, 1.165) is 0 Å². The monoisotopic (exact) mass is 500 g/mol. The third-order valence-corrected chi connectivity index (χ3v) is 6.13. The average Bonchev–Trinajstić information content (AvgIpc) is 3.25. The van der Waals surface area contributed by atoms with E-state index < -0.39 is 29.8 Å². The predicted molar refractivity (Wildman–Crippen MR) is 126 cm³/mol. The summed E-state index contributed by atoms with van der Waals surface area (Å²) in [7, 11) is 0. The molecule has 190 valence electrons. The Hall–Kier alpha value is -3.74. The fraction of sp³-hybridized carbons (Fsp3) is 0.375. The highest BCUT2D eigenvalue weighted by atomic mass is 19.1. The molecule has 2 aromatic carbocycles. The molecule has 11 nitrogen and oxygen atoms in total. The number of carbonyl (C=O) groups is 2. The number of aromatic nitrogens is 1. The summed E-state index contributed by atoms with van der Waals surface area (Å²) in [6.07, 6.45) is -2.15. The van der Waals surface area contributed by atoms with E-state index >= 15 is 0 Å². The quantitative estimate of drug-likeness (QED) is 0.461. The molecular formula is C24H25FN4O7. The molecular weight excluding hydrogens is 475 g/mol. The van der Waals surface area contributed by atoms with Crippen LogP contribution in [0.4, 0.5) is 21.6 Å². The van der Waals surface area contributed by atoms with Crippen molar-refractivity contribution in [3.8, 4) is 5.75 Å². The SMILES string of the molecule is Nc1noc2cc(NC(=O)C(O)C3OCCN(c4ccc(F)c(OC5CCOCC5)c4)C3=O)ccc12. The van der Waals surface area contributed by atoms with Crippen molar-refractivity contribution < 1.29 is 37.8 Å². The van der Waals surface area contributed by atoms with Crippen LogP contribution in [0.2, 0.25) is 0 Å². The van der Waals surface area contributed by atoms with Gasteiger partial charge in [0.25, 0.3) is 11.8 Å². The largest absolute Gasteiger partial charge is 0.487 e. The third kappa shape index (κ3) is 4.83. The van der Waals surface area contributed by atoms with Gasteiger partial charge < -0.3 is 39.8 Å². The van der Waals surface area contributed by atoms with Crippen LogP contribution in [-0.2, 0) is 19.1 Å². The fourth-order valence-electron chi connectivity index (χ4n) is 4.20. The lowest BCUT2D eigenvalue weighted by molar-refractivity contribution is -0.150. The Morgan fingerprint density at radius 1 is 1.22 bits per heavy atom. The van der Waals surface area contributed by atoms with Gasteiger partial charge in [-0.25, -0.2) is 4.39 Å². The molecule has 0 bridgehead atoms. The molecule has 2 unspecified atom stereocenters. The van der Waals surface area contributed by atoms with Crippen molar-refractivity contribution in [3.63, 3.8) is 0 Å². The molecule has 0 aliphatic carbocycles. The zero-order valence-electron chi connectivity index (χ0n) is 19.2. The van der Waals surface area contributed by atoms with Crippen molar-refractivity contribution in [2.45, 2.75) is 31.2 Å². The first-order chi connectivity index (χ1) is 17.4. The van der Waals surface area contributed by atoms with E-state index in [1.807, 2.05) is 0 Å². The zero-order valence-corrected chi connectivity index (χ0v) is 19.2. The van der Waals surface area contributed by atoms with Crippen molar-refractivity contribution in [2.75, 3.05) is 42.3 Å². The molecule has 3 heterocycles. The predicted octanol–water partition coefficient (Wildman–Crippen LogP) is 1.84. The van der Waals surface area contributed by atoms with Crippen LogP contribution in [0.15, 0.2) is 40.9 Å². The van der Waals surface area contributed by atoms with Gasteiger partial charge in [-0.2, -0.15) is 0 Å². The highest BCUT2D eigenvalue weighted by Gasteiger charge is 2.39. The van der Waals surface area contributed by atoms with Crippen molar-refractivity contribution in [3.05, 3.63) is 42.2 Å². The number of nitrogen functional groups attached to an aromatic ring is 1. The smallest absolute Gasteiger partial charge is 0.259 e. The number of halogens is 1. The van der Waals surface area contributed by atoms with Gasteiger partial charge in [0, 0.05) is 42.9 Å². The minimum absolute atomic E-state index is 0.0250. The van der Waals surface area contributed by atoms with Crippen LogP contribution in [0.25, 0.3) is 11.0 Å². The van der Waals surface area contributed by atoms with Gasteiger partial charge in [0.15, 0.2) is 35.2 Å². The first-order valence-electron chi connectivity index (χ1n) is 11.5. The second-order valence-electron chi connectivity index (χ2n) is 8.54. The second kappa shape index (κ2) is 10.1. The molecule has 3 aromatic rings. The van der Waals surface area contributed by atoms with Crippen LogP contribution >= 0.6 is 0 Å². The first-order valence-corrected chi connectivity index (χ1v) is 11.5. The van der Waals surface area contributed by atoms with Crippen LogP contribution < -0.4 is 20.7 Å². The Morgan fingerprint density at radius 3 is 2.83 bits per heavy atom. The molecule has 0 spiro atoms.